The first-order valence-corrected chi connectivity index (χ1v) is 5.91. The molecule has 4 heteroatoms. The Morgan fingerprint density at radius 2 is 2.22 bits per heavy atom. The molecule has 0 spiro atoms. The standard InChI is InChI=1S/C14H15FN2O/c1-3-17-7-6-16-14(17)9-13(18)11-5-4-10(2)8-12(11)15/h4-8H,3,9H2,1-2H3. The van der Waals surface area contributed by atoms with Crippen molar-refractivity contribution in [2.75, 3.05) is 0 Å². The van der Waals surface area contributed by atoms with E-state index in [1.54, 1.807) is 19.2 Å². The molecule has 3 nitrogen and oxygen atoms in total. The molecule has 0 N–H and O–H groups in total. The highest BCUT2D eigenvalue weighted by Crippen LogP contribution is 2.13. The van der Waals surface area contributed by atoms with Gasteiger partial charge in [-0.2, -0.15) is 0 Å². The number of benzene rings is 1. The number of hydrogen-bond acceptors (Lipinski definition) is 2. The Balaban J connectivity index is 2.22. The Morgan fingerprint density at radius 1 is 1.44 bits per heavy atom. The summed E-state index contributed by atoms with van der Waals surface area (Å²) >= 11 is 0. The van der Waals surface area contributed by atoms with Gasteiger partial charge in [0.05, 0.1) is 12.0 Å². The molecule has 0 saturated carbocycles. The second kappa shape index (κ2) is 5.12. The summed E-state index contributed by atoms with van der Waals surface area (Å²) in [6.07, 6.45) is 3.59. The van der Waals surface area contributed by atoms with E-state index in [0.717, 1.165) is 12.1 Å². The van der Waals surface area contributed by atoms with Gasteiger partial charge >= 0.3 is 0 Å². The molecule has 0 amide bonds. The molecule has 0 unspecified atom stereocenters. The first-order valence-electron chi connectivity index (χ1n) is 5.91. The fourth-order valence-corrected chi connectivity index (χ4v) is 1.88. The molecule has 0 fully saturated rings. The van der Waals surface area contributed by atoms with Crippen LogP contribution in [0.15, 0.2) is 30.6 Å². The molecule has 1 heterocycles. The third-order valence-corrected chi connectivity index (χ3v) is 2.89. The lowest BCUT2D eigenvalue weighted by Gasteiger charge is -2.05. The molecule has 2 rings (SSSR count). The predicted molar refractivity (Wildman–Crippen MR) is 67.1 cm³/mol. The van der Waals surface area contributed by atoms with Gasteiger partial charge in [-0.1, -0.05) is 6.07 Å². The summed E-state index contributed by atoms with van der Waals surface area (Å²) in [5.41, 5.74) is 0.936. The Morgan fingerprint density at radius 3 is 2.89 bits per heavy atom. The number of rotatable bonds is 4. The maximum atomic E-state index is 13.7. The van der Waals surface area contributed by atoms with E-state index in [0.29, 0.717) is 5.82 Å². The van der Waals surface area contributed by atoms with Crippen LogP contribution in [0.1, 0.15) is 28.7 Å². The summed E-state index contributed by atoms with van der Waals surface area (Å²) in [7, 11) is 0. The Bertz CT molecular complexity index is 575. The number of carbonyl (C=O) groups is 1. The van der Waals surface area contributed by atoms with Gasteiger partial charge in [-0.3, -0.25) is 4.79 Å². The van der Waals surface area contributed by atoms with Crippen LogP contribution >= 0.6 is 0 Å². The highest BCUT2D eigenvalue weighted by molar-refractivity contribution is 5.97. The highest BCUT2D eigenvalue weighted by atomic mass is 19.1. The van der Waals surface area contributed by atoms with Crippen molar-refractivity contribution < 1.29 is 9.18 Å². The van der Waals surface area contributed by atoms with E-state index in [4.69, 9.17) is 0 Å². The van der Waals surface area contributed by atoms with Gasteiger partial charge in [-0.15, -0.1) is 0 Å². The predicted octanol–water partition coefficient (Wildman–Crippen LogP) is 2.78. The summed E-state index contributed by atoms with van der Waals surface area (Å²) in [6, 6.07) is 4.65. The molecular weight excluding hydrogens is 231 g/mol. The normalized spacial score (nSPS) is 10.6. The number of carbonyl (C=O) groups excluding carboxylic acids is 1. The number of imidazole rings is 1. The lowest BCUT2D eigenvalue weighted by atomic mass is 10.1. The number of nitrogens with zero attached hydrogens (tertiary/aromatic N) is 2. The molecular formula is C14H15FN2O. The second-order valence-electron chi connectivity index (χ2n) is 4.21. The van der Waals surface area contributed by atoms with Crippen LogP contribution in [0.5, 0.6) is 0 Å². The van der Waals surface area contributed by atoms with E-state index in [2.05, 4.69) is 4.98 Å². The Kier molecular flexibility index (Phi) is 3.55. The van der Waals surface area contributed by atoms with E-state index in [9.17, 15) is 9.18 Å². The molecule has 94 valence electrons. The van der Waals surface area contributed by atoms with Gasteiger partial charge in [0.2, 0.25) is 0 Å². The number of ketones is 1. The van der Waals surface area contributed by atoms with Crippen LogP contribution < -0.4 is 0 Å². The summed E-state index contributed by atoms with van der Waals surface area (Å²) in [6.45, 7) is 4.52. The lowest BCUT2D eigenvalue weighted by Crippen LogP contribution is -2.11. The largest absolute Gasteiger partial charge is 0.335 e. The number of hydrogen-bond donors (Lipinski definition) is 0. The summed E-state index contributed by atoms with van der Waals surface area (Å²) in [5, 5.41) is 0. The molecule has 0 saturated heterocycles. The maximum absolute atomic E-state index is 13.7. The highest BCUT2D eigenvalue weighted by Gasteiger charge is 2.14. The van der Waals surface area contributed by atoms with Crippen LogP contribution in [0.25, 0.3) is 0 Å². The number of aryl methyl sites for hydroxylation is 2. The van der Waals surface area contributed by atoms with Crippen molar-refractivity contribution in [1.29, 1.82) is 0 Å². The lowest BCUT2D eigenvalue weighted by molar-refractivity contribution is 0.0986. The van der Waals surface area contributed by atoms with E-state index in [-0.39, 0.29) is 17.8 Å². The van der Waals surface area contributed by atoms with Crippen molar-refractivity contribution in [3.05, 3.63) is 53.4 Å². The van der Waals surface area contributed by atoms with Gasteiger partial charge in [0.25, 0.3) is 0 Å². The van der Waals surface area contributed by atoms with Crippen molar-refractivity contribution in [3.8, 4) is 0 Å². The van der Waals surface area contributed by atoms with Gasteiger partial charge in [0.15, 0.2) is 5.78 Å². The van der Waals surface area contributed by atoms with Crippen LogP contribution in [-0.2, 0) is 13.0 Å². The van der Waals surface area contributed by atoms with Gasteiger partial charge < -0.3 is 4.57 Å². The zero-order valence-corrected chi connectivity index (χ0v) is 10.5. The molecule has 0 aliphatic heterocycles. The zero-order valence-electron chi connectivity index (χ0n) is 10.5. The number of halogens is 1. The molecule has 1 aromatic carbocycles. The Hall–Kier alpha value is -1.97. The van der Waals surface area contributed by atoms with E-state index in [1.165, 1.54) is 12.1 Å². The first-order chi connectivity index (χ1) is 8.61. The molecule has 2 aromatic rings. The van der Waals surface area contributed by atoms with E-state index < -0.39 is 5.82 Å². The van der Waals surface area contributed by atoms with Gasteiger partial charge in [0, 0.05) is 18.9 Å². The number of aromatic nitrogens is 2. The van der Waals surface area contributed by atoms with Crippen molar-refractivity contribution in [3.63, 3.8) is 0 Å². The van der Waals surface area contributed by atoms with Crippen LogP contribution in [-0.4, -0.2) is 15.3 Å². The van der Waals surface area contributed by atoms with Crippen molar-refractivity contribution >= 4 is 5.78 Å². The topological polar surface area (TPSA) is 34.9 Å². The van der Waals surface area contributed by atoms with Gasteiger partial charge in [-0.05, 0) is 31.5 Å². The maximum Gasteiger partial charge on any atom is 0.173 e. The van der Waals surface area contributed by atoms with Gasteiger partial charge in [-0.25, -0.2) is 9.37 Å². The van der Waals surface area contributed by atoms with Gasteiger partial charge in [0.1, 0.15) is 11.6 Å². The summed E-state index contributed by atoms with van der Waals surface area (Å²) in [5.74, 6) is -0.0366. The molecule has 0 aliphatic rings. The molecule has 0 bridgehead atoms. The smallest absolute Gasteiger partial charge is 0.173 e. The monoisotopic (exact) mass is 246 g/mol. The minimum absolute atomic E-state index is 0.126. The third kappa shape index (κ3) is 2.47. The molecule has 0 atom stereocenters. The van der Waals surface area contributed by atoms with E-state index in [1.807, 2.05) is 17.7 Å². The van der Waals surface area contributed by atoms with Crippen molar-refractivity contribution in [2.45, 2.75) is 26.8 Å². The fourth-order valence-electron chi connectivity index (χ4n) is 1.88. The zero-order chi connectivity index (χ0) is 13.1. The molecule has 0 aliphatic carbocycles. The molecule has 18 heavy (non-hydrogen) atoms. The number of Topliss-reactive ketones (excluding diaryl/α,β-unsaturated/α-hetero) is 1. The fraction of sp³-hybridized carbons (Fsp3) is 0.286. The SMILES string of the molecule is CCn1ccnc1CC(=O)c1ccc(C)cc1F. The summed E-state index contributed by atoms with van der Waals surface area (Å²) < 4.78 is 15.5. The summed E-state index contributed by atoms with van der Waals surface area (Å²) in [4.78, 5) is 16.1. The quantitative estimate of drug-likeness (QED) is 0.777. The molecule has 1 aromatic heterocycles. The first kappa shape index (κ1) is 12.5. The van der Waals surface area contributed by atoms with Crippen molar-refractivity contribution in [1.82, 2.24) is 9.55 Å². The average Bonchev–Trinajstić information content (AvgIpc) is 2.76. The Labute approximate surface area is 105 Å². The molecule has 0 radical (unpaired) electrons. The van der Waals surface area contributed by atoms with Crippen molar-refractivity contribution in [2.24, 2.45) is 0 Å². The minimum Gasteiger partial charge on any atom is -0.335 e. The minimum atomic E-state index is -0.463. The van der Waals surface area contributed by atoms with Crippen LogP contribution in [0.3, 0.4) is 0 Å². The average molecular weight is 246 g/mol. The third-order valence-electron chi connectivity index (χ3n) is 2.89. The van der Waals surface area contributed by atoms with Crippen LogP contribution in [0.2, 0.25) is 0 Å². The van der Waals surface area contributed by atoms with E-state index >= 15 is 0 Å². The van der Waals surface area contributed by atoms with Crippen LogP contribution in [0, 0.1) is 12.7 Å². The second-order valence-corrected chi connectivity index (χ2v) is 4.21. The van der Waals surface area contributed by atoms with Crippen LogP contribution in [0.4, 0.5) is 4.39 Å².